The molecule has 2 saturated heterocycles. The highest BCUT2D eigenvalue weighted by Gasteiger charge is 2.30. The molecule has 134 valence electrons. The number of pyridine rings is 1. The Hall–Kier alpha value is -2.08. The van der Waals surface area contributed by atoms with Gasteiger partial charge in [0.05, 0.1) is 0 Å². The van der Waals surface area contributed by atoms with E-state index in [0.717, 1.165) is 57.6 Å². The number of aromatic amines is 1. The number of amides is 2. The minimum atomic E-state index is 0.172. The first kappa shape index (κ1) is 16.4. The summed E-state index contributed by atoms with van der Waals surface area (Å²) in [5.41, 5.74) is 2.29. The van der Waals surface area contributed by atoms with Crippen LogP contribution in [-0.2, 0) is 4.74 Å². The summed E-state index contributed by atoms with van der Waals surface area (Å²) >= 11 is 0. The van der Waals surface area contributed by atoms with Crippen molar-refractivity contribution < 1.29 is 9.53 Å². The molecular formula is C19H26N4O2. The molecule has 2 aliphatic rings. The number of fused-ring (bicyclic) bond motifs is 1. The molecule has 4 heterocycles. The minimum Gasteiger partial charge on any atom is -0.381 e. The SMILES string of the molecule is CN(C(=O)N1CCC(c2c[nH]c3ncccc23)CC1)C1CCOCC1. The van der Waals surface area contributed by atoms with Crippen LogP contribution >= 0.6 is 0 Å². The number of H-pyrrole nitrogens is 1. The fourth-order valence-corrected chi connectivity index (χ4v) is 4.15. The highest BCUT2D eigenvalue weighted by atomic mass is 16.5. The van der Waals surface area contributed by atoms with Crippen molar-refractivity contribution in [1.29, 1.82) is 0 Å². The Morgan fingerprint density at radius 1 is 1.28 bits per heavy atom. The van der Waals surface area contributed by atoms with Gasteiger partial charge in [-0.25, -0.2) is 9.78 Å². The lowest BCUT2D eigenvalue weighted by molar-refractivity contribution is 0.0450. The normalized spacial score (nSPS) is 20.1. The van der Waals surface area contributed by atoms with E-state index in [4.69, 9.17) is 4.74 Å². The molecule has 0 atom stereocenters. The summed E-state index contributed by atoms with van der Waals surface area (Å²) in [7, 11) is 1.94. The number of piperidine rings is 1. The van der Waals surface area contributed by atoms with E-state index in [1.165, 1.54) is 10.9 Å². The Labute approximate surface area is 148 Å². The molecule has 0 radical (unpaired) electrons. The number of likely N-dealkylation sites (tertiary alicyclic amines) is 1. The van der Waals surface area contributed by atoms with Gasteiger partial charge >= 0.3 is 6.03 Å². The van der Waals surface area contributed by atoms with E-state index in [1.54, 1.807) is 0 Å². The van der Waals surface area contributed by atoms with Crippen LogP contribution in [-0.4, -0.2) is 65.2 Å². The summed E-state index contributed by atoms with van der Waals surface area (Å²) < 4.78 is 5.41. The molecule has 2 amide bonds. The van der Waals surface area contributed by atoms with E-state index < -0.39 is 0 Å². The van der Waals surface area contributed by atoms with Crippen LogP contribution in [0.3, 0.4) is 0 Å². The van der Waals surface area contributed by atoms with Gasteiger partial charge in [0, 0.05) is 57.2 Å². The first-order valence-electron chi connectivity index (χ1n) is 9.25. The van der Waals surface area contributed by atoms with E-state index >= 15 is 0 Å². The van der Waals surface area contributed by atoms with Gasteiger partial charge in [0.25, 0.3) is 0 Å². The molecule has 0 aliphatic carbocycles. The zero-order valence-corrected chi connectivity index (χ0v) is 14.8. The number of carbonyl (C=O) groups is 1. The quantitative estimate of drug-likeness (QED) is 0.913. The van der Waals surface area contributed by atoms with Crippen LogP contribution in [0.4, 0.5) is 4.79 Å². The molecule has 0 spiro atoms. The lowest BCUT2D eigenvalue weighted by Gasteiger charge is -2.38. The van der Waals surface area contributed by atoms with Crippen molar-refractivity contribution in [2.45, 2.75) is 37.6 Å². The molecule has 2 aromatic rings. The Bertz CT molecular complexity index is 730. The summed E-state index contributed by atoms with van der Waals surface area (Å²) in [6.07, 6.45) is 7.82. The summed E-state index contributed by atoms with van der Waals surface area (Å²) in [6.45, 7) is 3.17. The number of hydrogen-bond donors (Lipinski definition) is 1. The summed E-state index contributed by atoms with van der Waals surface area (Å²) in [5, 5.41) is 1.21. The molecule has 0 saturated carbocycles. The maximum Gasteiger partial charge on any atom is 0.319 e. The molecular weight excluding hydrogens is 316 g/mol. The summed E-state index contributed by atoms with van der Waals surface area (Å²) in [6, 6.07) is 4.61. The van der Waals surface area contributed by atoms with Crippen LogP contribution in [0.25, 0.3) is 11.0 Å². The third-order valence-electron chi connectivity index (χ3n) is 5.73. The van der Waals surface area contributed by atoms with E-state index in [0.29, 0.717) is 12.0 Å². The Balaban J connectivity index is 1.38. The summed E-state index contributed by atoms with van der Waals surface area (Å²) in [4.78, 5) is 24.4. The third kappa shape index (κ3) is 3.23. The number of nitrogens with one attached hydrogen (secondary N) is 1. The van der Waals surface area contributed by atoms with Crippen molar-refractivity contribution in [2.75, 3.05) is 33.4 Å². The van der Waals surface area contributed by atoms with Gasteiger partial charge in [-0.15, -0.1) is 0 Å². The number of aromatic nitrogens is 2. The molecule has 0 unspecified atom stereocenters. The van der Waals surface area contributed by atoms with Gasteiger partial charge in [-0.3, -0.25) is 0 Å². The van der Waals surface area contributed by atoms with Crippen molar-refractivity contribution in [3.8, 4) is 0 Å². The second kappa shape index (κ2) is 7.04. The van der Waals surface area contributed by atoms with Crippen molar-refractivity contribution in [1.82, 2.24) is 19.8 Å². The highest BCUT2D eigenvalue weighted by Crippen LogP contribution is 2.33. The van der Waals surface area contributed by atoms with Gasteiger partial charge < -0.3 is 19.5 Å². The van der Waals surface area contributed by atoms with Gasteiger partial charge in [0.2, 0.25) is 0 Å². The second-order valence-corrected chi connectivity index (χ2v) is 7.14. The van der Waals surface area contributed by atoms with Gasteiger partial charge in [0.15, 0.2) is 0 Å². The van der Waals surface area contributed by atoms with Crippen molar-refractivity contribution in [2.24, 2.45) is 0 Å². The van der Waals surface area contributed by atoms with E-state index in [2.05, 4.69) is 22.2 Å². The fourth-order valence-electron chi connectivity index (χ4n) is 4.15. The van der Waals surface area contributed by atoms with Crippen LogP contribution in [0, 0.1) is 0 Å². The molecule has 25 heavy (non-hydrogen) atoms. The lowest BCUT2D eigenvalue weighted by Crippen LogP contribution is -2.49. The molecule has 1 N–H and O–H groups in total. The number of urea groups is 1. The molecule has 6 heteroatoms. The van der Waals surface area contributed by atoms with E-state index in [1.807, 2.05) is 29.1 Å². The van der Waals surface area contributed by atoms with Crippen LogP contribution < -0.4 is 0 Å². The highest BCUT2D eigenvalue weighted by molar-refractivity contribution is 5.80. The van der Waals surface area contributed by atoms with Gasteiger partial charge in [0.1, 0.15) is 5.65 Å². The minimum absolute atomic E-state index is 0.172. The topological polar surface area (TPSA) is 61.5 Å². The summed E-state index contributed by atoms with van der Waals surface area (Å²) in [5.74, 6) is 0.496. The maximum atomic E-state index is 12.8. The van der Waals surface area contributed by atoms with Gasteiger partial charge in [-0.1, -0.05) is 0 Å². The zero-order chi connectivity index (χ0) is 17.2. The molecule has 0 bridgehead atoms. The smallest absolute Gasteiger partial charge is 0.319 e. The van der Waals surface area contributed by atoms with Gasteiger partial charge in [-0.2, -0.15) is 0 Å². The predicted octanol–water partition coefficient (Wildman–Crippen LogP) is 2.97. The van der Waals surface area contributed by atoms with Crippen LogP contribution in [0.2, 0.25) is 0 Å². The van der Waals surface area contributed by atoms with Crippen molar-refractivity contribution >= 4 is 17.1 Å². The fraction of sp³-hybridized carbons (Fsp3) is 0.579. The Kier molecular flexibility index (Phi) is 4.61. The third-order valence-corrected chi connectivity index (χ3v) is 5.73. The largest absolute Gasteiger partial charge is 0.381 e. The predicted molar refractivity (Wildman–Crippen MR) is 96.6 cm³/mol. The first-order valence-corrected chi connectivity index (χ1v) is 9.25. The number of ether oxygens (including phenoxy) is 1. The molecule has 4 rings (SSSR count). The standard InChI is InChI=1S/C19H26N4O2/c1-22(15-6-11-25-12-7-15)19(24)23-9-4-14(5-10-23)17-13-21-18-16(17)3-2-8-20-18/h2-3,8,13-15H,4-7,9-12H2,1H3,(H,20,21). The molecule has 2 aromatic heterocycles. The number of nitrogens with zero attached hydrogens (tertiary/aromatic N) is 3. The number of hydrogen-bond acceptors (Lipinski definition) is 3. The monoisotopic (exact) mass is 342 g/mol. The Morgan fingerprint density at radius 3 is 2.80 bits per heavy atom. The van der Waals surface area contributed by atoms with Crippen molar-refractivity contribution in [3.63, 3.8) is 0 Å². The van der Waals surface area contributed by atoms with E-state index in [-0.39, 0.29) is 6.03 Å². The first-order chi connectivity index (χ1) is 12.2. The van der Waals surface area contributed by atoms with Crippen molar-refractivity contribution in [3.05, 3.63) is 30.1 Å². The van der Waals surface area contributed by atoms with Crippen LogP contribution in [0.1, 0.15) is 37.2 Å². The average Bonchev–Trinajstić information content (AvgIpc) is 3.12. The zero-order valence-electron chi connectivity index (χ0n) is 14.8. The Morgan fingerprint density at radius 2 is 2.04 bits per heavy atom. The molecule has 2 fully saturated rings. The van der Waals surface area contributed by atoms with E-state index in [9.17, 15) is 4.79 Å². The number of rotatable bonds is 2. The second-order valence-electron chi connectivity index (χ2n) is 7.14. The average molecular weight is 342 g/mol. The molecule has 6 nitrogen and oxygen atoms in total. The lowest BCUT2D eigenvalue weighted by atomic mass is 9.89. The number of carbonyl (C=O) groups excluding carboxylic acids is 1. The molecule has 2 aliphatic heterocycles. The van der Waals surface area contributed by atoms with Crippen LogP contribution in [0.5, 0.6) is 0 Å². The van der Waals surface area contributed by atoms with Crippen LogP contribution in [0.15, 0.2) is 24.5 Å². The van der Waals surface area contributed by atoms with Gasteiger partial charge in [-0.05, 0) is 49.3 Å². The molecule has 0 aromatic carbocycles. The maximum absolute atomic E-state index is 12.8.